The van der Waals surface area contributed by atoms with Gasteiger partial charge in [-0.05, 0) is 29.8 Å². The van der Waals surface area contributed by atoms with Gasteiger partial charge in [0.25, 0.3) is 10.0 Å². The van der Waals surface area contributed by atoms with Crippen LogP contribution in [0.15, 0.2) is 47.4 Å². The highest BCUT2D eigenvalue weighted by Gasteiger charge is 2.20. The minimum Gasteiger partial charge on any atom is -0.392 e. The molecule has 20 heavy (non-hydrogen) atoms. The Kier molecular flexibility index (Phi) is 4.27. The van der Waals surface area contributed by atoms with Crippen LogP contribution in [0.5, 0.6) is 0 Å². The molecule has 0 saturated carbocycles. The molecule has 0 aliphatic heterocycles. The van der Waals surface area contributed by atoms with Crippen molar-refractivity contribution in [2.24, 2.45) is 0 Å². The van der Waals surface area contributed by atoms with Gasteiger partial charge in [0.1, 0.15) is 5.82 Å². The van der Waals surface area contributed by atoms with Crippen LogP contribution in [0, 0.1) is 5.82 Å². The molecular formula is C13H11ClFNO3S. The van der Waals surface area contributed by atoms with Crippen LogP contribution < -0.4 is 4.72 Å². The minimum absolute atomic E-state index is 0.103. The summed E-state index contributed by atoms with van der Waals surface area (Å²) < 4.78 is 40.0. The summed E-state index contributed by atoms with van der Waals surface area (Å²) in [6, 6.07) is 9.43. The normalized spacial score (nSPS) is 11.3. The first-order valence-corrected chi connectivity index (χ1v) is 7.47. The van der Waals surface area contributed by atoms with Gasteiger partial charge in [0.05, 0.1) is 22.2 Å². The SMILES string of the molecule is O=S(=O)(Nc1ccccc1Cl)c1cc(F)ccc1CO. The Bertz CT molecular complexity index is 734. The number of aliphatic hydroxyl groups is 1. The number of aliphatic hydroxyl groups excluding tert-OH is 1. The van der Waals surface area contributed by atoms with E-state index in [1.807, 2.05) is 0 Å². The van der Waals surface area contributed by atoms with Gasteiger partial charge < -0.3 is 5.11 Å². The molecule has 0 amide bonds. The molecule has 4 nitrogen and oxygen atoms in total. The molecular weight excluding hydrogens is 305 g/mol. The highest BCUT2D eigenvalue weighted by Crippen LogP contribution is 2.25. The van der Waals surface area contributed by atoms with E-state index < -0.39 is 22.4 Å². The van der Waals surface area contributed by atoms with Crippen LogP contribution in [0.2, 0.25) is 5.02 Å². The van der Waals surface area contributed by atoms with Gasteiger partial charge in [-0.15, -0.1) is 0 Å². The Morgan fingerprint density at radius 2 is 1.90 bits per heavy atom. The summed E-state index contributed by atoms with van der Waals surface area (Å²) in [4.78, 5) is -0.320. The molecule has 7 heteroatoms. The quantitative estimate of drug-likeness (QED) is 0.911. The van der Waals surface area contributed by atoms with Crippen molar-refractivity contribution in [2.75, 3.05) is 4.72 Å². The molecule has 0 spiro atoms. The summed E-state index contributed by atoms with van der Waals surface area (Å²) in [6.07, 6.45) is 0. The fourth-order valence-electron chi connectivity index (χ4n) is 1.65. The molecule has 106 valence electrons. The maximum absolute atomic E-state index is 13.2. The monoisotopic (exact) mass is 315 g/mol. The van der Waals surface area contributed by atoms with Gasteiger partial charge in [0.15, 0.2) is 0 Å². The van der Waals surface area contributed by atoms with Crippen molar-refractivity contribution in [2.45, 2.75) is 11.5 Å². The molecule has 0 radical (unpaired) electrons. The maximum Gasteiger partial charge on any atom is 0.262 e. The van der Waals surface area contributed by atoms with E-state index in [1.54, 1.807) is 12.1 Å². The fourth-order valence-corrected chi connectivity index (χ4v) is 3.21. The molecule has 0 bridgehead atoms. The van der Waals surface area contributed by atoms with Crippen molar-refractivity contribution in [3.63, 3.8) is 0 Å². The summed E-state index contributed by atoms with van der Waals surface area (Å²) in [5, 5.41) is 9.37. The first-order chi connectivity index (χ1) is 9.44. The molecule has 0 heterocycles. The highest BCUT2D eigenvalue weighted by molar-refractivity contribution is 7.92. The van der Waals surface area contributed by atoms with Gasteiger partial charge in [-0.2, -0.15) is 0 Å². The number of hydrogen-bond acceptors (Lipinski definition) is 3. The fraction of sp³-hybridized carbons (Fsp3) is 0.0769. The zero-order valence-electron chi connectivity index (χ0n) is 10.2. The lowest BCUT2D eigenvalue weighted by atomic mass is 10.2. The van der Waals surface area contributed by atoms with E-state index in [1.165, 1.54) is 18.2 Å². The molecule has 0 atom stereocenters. The number of benzene rings is 2. The van der Waals surface area contributed by atoms with Crippen molar-refractivity contribution in [1.82, 2.24) is 0 Å². The molecule has 0 saturated heterocycles. The topological polar surface area (TPSA) is 66.4 Å². The van der Waals surface area contributed by atoms with E-state index in [-0.39, 0.29) is 21.2 Å². The van der Waals surface area contributed by atoms with E-state index >= 15 is 0 Å². The third-order valence-electron chi connectivity index (χ3n) is 2.61. The largest absolute Gasteiger partial charge is 0.392 e. The first kappa shape index (κ1) is 14.8. The number of hydrogen-bond donors (Lipinski definition) is 2. The molecule has 0 unspecified atom stereocenters. The van der Waals surface area contributed by atoms with Crippen LogP contribution in [-0.2, 0) is 16.6 Å². The second-order valence-corrected chi connectivity index (χ2v) is 6.05. The lowest BCUT2D eigenvalue weighted by Crippen LogP contribution is -2.15. The van der Waals surface area contributed by atoms with E-state index in [9.17, 15) is 12.8 Å². The predicted molar refractivity (Wildman–Crippen MR) is 74.6 cm³/mol. The molecule has 0 aliphatic rings. The van der Waals surface area contributed by atoms with Crippen LogP contribution in [-0.4, -0.2) is 13.5 Å². The van der Waals surface area contributed by atoms with Gasteiger partial charge in [-0.25, -0.2) is 12.8 Å². The smallest absolute Gasteiger partial charge is 0.262 e. The molecule has 2 rings (SSSR count). The Labute approximate surface area is 120 Å². The van der Waals surface area contributed by atoms with Crippen LogP contribution in [0.1, 0.15) is 5.56 Å². The van der Waals surface area contributed by atoms with Gasteiger partial charge in [0.2, 0.25) is 0 Å². The molecule has 2 N–H and O–H groups in total. The Balaban J connectivity index is 2.46. The Hall–Kier alpha value is -1.63. The molecule has 2 aromatic rings. The number of nitrogens with one attached hydrogen (secondary N) is 1. The van der Waals surface area contributed by atoms with E-state index in [2.05, 4.69) is 4.72 Å². The average Bonchev–Trinajstić information content (AvgIpc) is 2.41. The van der Waals surface area contributed by atoms with E-state index in [0.29, 0.717) is 0 Å². The van der Waals surface area contributed by atoms with E-state index in [4.69, 9.17) is 16.7 Å². The summed E-state index contributed by atoms with van der Waals surface area (Å²) in [6.45, 7) is -0.515. The Morgan fingerprint density at radius 1 is 1.20 bits per heavy atom. The van der Waals surface area contributed by atoms with Crippen LogP contribution in [0.4, 0.5) is 10.1 Å². The van der Waals surface area contributed by atoms with Crippen molar-refractivity contribution in [1.29, 1.82) is 0 Å². The Morgan fingerprint density at radius 3 is 2.55 bits per heavy atom. The van der Waals surface area contributed by atoms with Crippen molar-refractivity contribution < 1.29 is 17.9 Å². The predicted octanol–water partition coefficient (Wildman–Crippen LogP) is 2.77. The minimum atomic E-state index is -4.04. The molecule has 0 aliphatic carbocycles. The van der Waals surface area contributed by atoms with Gasteiger partial charge >= 0.3 is 0 Å². The van der Waals surface area contributed by atoms with E-state index in [0.717, 1.165) is 12.1 Å². The summed E-state index contributed by atoms with van der Waals surface area (Å²) >= 11 is 5.87. The molecule has 0 fully saturated rings. The third kappa shape index (κ3) is 3.09. The number of rotatable bonds is 4. The zero-order valence-corrected chi connectivity index (χ0v) is 11.7. The van der Waals surface area contributed by atoms with Gasteiger partial charge in [-0.1, -0.05) is 29.8 Å². The number of sulfonamides is 1. The number of halogens is 2. The van der Waals surface area contributed by atoms with Crippen molar-refractivity contribution in [3.05, 3.63) is 58.9 Å². The lowest BCUT2D eigenvalue weighted by Gasteiger charge is -2.12. The molecule has 2 aromatic carbocycles. The summed E-state index contributed by atoms with van der Waals surface area (Å²) in [5.41, 5.74) is 0.285. The summed E-state index contributed by atoms with van der Waals surface area (Å²) in [5.74, 6) is -0.707. The van der Waals surface area contributed by atoms with Crippen molar-refractivity contribution >= 4 is 27.3 Å². The highest BCUT2D eigenvalue weighted by atomic mass is 35.5. The van der Waals surface area contributed by atoms with Gasteiger partial charge in [-0.3, -0.25) is 4.72 Å². The van der Waals surface area contributed by atoms with Gasteiger partial charge in [0, 0.05) is 0 Å². The zero-order chi connectivity index (χ0) is 14.8. The maximum atomic E-state index is 13.2. The number of para-hydroxylation sites is 1. The first-order valence-electron chi connectivity index (χ1n) is 5.60. The standard InChI is InChI=1S/C13H11ClFNO3S/c14-11-3-1-2-4-12(11)16-20(18,19)13-7-10(15)6-5-9(13)8-17/h1-7,16-17H,8H2. The summed E-state index contributed by atoms with van der Waals surface area (Å²) in [7, 11) is -4.04. The lowest BCUT2D eigenvalue weighted by molar-refractivity contribution is 0.278. The third-order valence-corrected chi connectivity index (χ3v) is 4.38. The van der Waals surface area contributed by atoms with Crippen LogP contribution in [0.25, 0.3) is 0 Å². The second kappa shape index (κ2) is 5.78. The second-order valence-electron chi connectivity index (χ2n) is 4.00. The van der Waals surface area contributed by atoms with Crippen LogP contribution >= 0.6 is 11.6 Å². The average molecular weight is 316 g/mol. The van der Waals surface area contributed by atoms with Crippen LogP contribution in [0.3, 0.4) is 0 Å². The number of anilines is 1. The van der Waals surface area contributed by atoms with Crippen molar-refractivity contribution in [3.8, 4) is 0 Å². The molecule has 0 aromatic heterocycles.